The Morgan fingerprint density at radius 3 is 2.30 bits per heavy atom. The smallest absolute Gasteiger partial charge is 0.444 e. The number of alkyl carbamates (subject to hydrolysis) is 1. The molecule has 0 saturated carbocycles. The molecule has 6 nitrogen and oxygen atoms in total. The molecule has 0 bridgehead atoms. The van der Waals surface area contributed by atoms with Gasteiger partial charge in [0.15, 0.2) is 0 Å². The van der Waals surface area contributed by atoms with Gasteiger partial charge in [-0.15, -0.1) is 0 Å². The van der Waals surface area contributed by atoms with Gasteiger partial charge in [-0.3, -0.25) is 5.32 Å². The van der Waals surface area contributed by atoms with Crippen LogP contribution in [0.1, 0.15) is 54.0 Å². The summed E-state index contributed by atoms with van der Waals surface area (Å²) in [5, 5.41) is 10.2. The Morgan fingerprint density at radius 2 is 1.78 bits per heavy atom. The van der Waals surface area contributed by atoms with E-state index in [1.165, 1.54) is 12.4 Å². The van der Waals surface area contributed by atoms with E-state index >= 15 is 0 Å². The quantitative estimate of drug-likeness (QED) is 0.626. The zero-order chi connectivity index (χ0) is 20.5. The van der Waals surface area contributed by atoms with Gasteiger partial charge in [0.05, 0.1) is 11.2 Å². The van der Waals surface area contributed by atoms with E-state index in [4.69, 9.17) is 19.5 Å². The number of amides is 1. The molecule has 7 heteroatoms. The van der Waals surface area contributed by atoms with E-state index in [1.807, 2.05) is 52.0 Å². The van der Waals surface area contributed by atoms with Crippen LogP contribution < -0.4 is 10.8 Å². The summed E-state index contributed by atoms with van der Waals surface area (Å²) in [6, 6.07) is 7.56. The predicted molar refractivity (Wildman–Crippen MR) is 108 cm³/mol. The molecule has 0 aromatic heterocycles. The Bertz CT molecular complexity index is 735. The molecule has 0 spiro atoms. The highest BCUT2D eigenvalue weighted by molar-refractivity contribution is 6.62. The van der Waals surface area contributed by atoms with Crippen LogP contribution in [0.15, 0.2) is 30.5 Å². The molecule has 1 aliphatic rings. The summed E-state index contributed by atoms with van der Waals surface area (Å²) >= 11 is 0. The van der Waals surface area contributed by atoms with Gasteiger partial charge in [0, 0.05) is 18.0 Å². The van der Waals surface area contributed by atoms with E-state index in [1.54, 1.807) is 20.8 Å². The van der Waals surface area contributed by atoms with E-state index in [-0.39, 0.29) is 0 Å². The highest BCUT2D eigenvalue weighted by atomic mass is 16.7. The lowest BCUT2D eigenvalue weighted by Gasteiger charge is -2.32. The maximum absolute atomic E-state index is 11.8. The zero-order valence-corrected chi connectivity index (χ0v) is 17.2. The molecule has 1 heterocycles. The first kappa shape index (κ1) is 21.2. The number of carbonyl (C=O) groups excluding carboxylic acids is 1. The van der Waals surface area contributed by atoms with Gasteiger partial charge >= 0.3 is 13.2 Å². The Hall–Kier alpha value is -2.12. The fraction of sp³-hybridized carbons (Fsp3) is 0.500. The van der Waals surface area contributed by atoms with Crippen molar-refractivity contribution < 1.29 is 18.8 Å². The van der Waals surface area contributed by atoms with Crippen LogP contribution in [0, 0.1) is 5.41 Å². The topological polar surface area (TPSA) is 80.6 Å². The lowest BCUT2D eigenvalue weighted by atomic mass is 9.78. The van der Waals surface area contributed by atoms with Crippen molar-refractivity contribution in [2.75, 3.05) is 0 Å². The molecule has 1 aromatic rings. The van der Waals surface area contributed by atoms with Crippen LogP contribution in [-0.4, -0.2) is 36.2 Å². The third-order valence-electron chi connectivity index (χ3n) is 4.65. The summed E-state index contributed by atoms with van der Waals surface area (Å²) in [7, 11) is -0.485. The second-order valence-electron chi connectivity index (χ2n) is 8.60. The van der Waals surface area contributed by atoms with Crippen LogP contribution in [0.3, 0.4) is 0 Å². The van der Waals surface area contributed by atoms with Crippen molar-refractivity contribution in [1.82, 2.24) is 5.32 Å². The first-order valence-corrected chi connectivity index (χ1v) is 9.01. The lowest BCUT2D eigenvalue weighted by molar-refractivity contribution is 0.00578. The maximum atomic E-state index is 11.8. The molecule has 0 aliphatic carbocycles. The van der Waals surface area contributed by atoms with Crippen molar-refractivity contribution in [3.8, 4) is 0 Å². The van der Waals surface area contributed by atoms with Crippen LogP contribution in [0.5, 0.6) is 0 Å². The first-order chi connectivity index (χ1) is 12.3. The average molecular weight is 372 g/mol. The molecule has 1 saturated heterocycles. The summed E-state index contributed by atoms with van der Waals surface area (Å²) in [4.78, 5) is 11.8. The molecule has 27 heavy (non-hydrogen) atoms. The summed E-state index contributed by atoms with van der Waals surface area (Å²) in [6.45, 7) is 13.4. The zero-order valence-electron chi connectivity index (χ0n) is 17.2. The number of ether oxygens (including phenoxy) is 1. The van der Waals surface area contributed by atoms with Crippen molar-refractivity contribution in [2.45, 2.75) is 65.3 Å². The molecule has 1 amide bonds. The van der Waals surface area contributed by atoms with E-state index in [9.17, 15) is 4.79 Å². The third-order valence-corrected chi connectivity index (χ3v) is 4.65. The van der Waals surface area contributed by atoms with Crippen LogP contribution in [0.25, 0.3) is 5.57 Å². The van der Waals surface area contributed by atoms with Gasteiger partial charge in [0.2, 0.25) is 0 Å². The number of hydrogen-bond donors (Lipinski definition) is 2. The molecule has 1 aliphatic heterocycles. The third kappa shape index (κ3) is 5.20. The molecule has 0 atom stereocenters. The van der Waals surface area contributed by atoms with Crippen LogP contribution in [0.2, 0.25) is 0 Å². The van der Waals surface area contributed by atoms with Crippen LogP contribution in [0.4, 0.5) is 4.79 Å². The molecule has 146 valence electrons. The van der Waals surface area contributed by atoms with Gasteiger partial charge in [-0.1, -0.05) is 24.3 Å². The molecule has 2 rings (SSSR count). The van der Waals surface area contributed by atoms with Gasteiger partial charge in [-0.05, 0) is 59.5 Å². The van der Waals surface area contributed by atoms with Gasteiger partial charge in [0.25, 0.3) is 0 Å². The van der Waals surface area contributed by atoms with Crippen LogP contribution in [-0.2, 0) is 14.0 Å². The Kier molecular flexibility index (Phi) is 5.87. The fourth-order valence-corrected chi connectivity index (χ4v) is 2.50. The minimum Gasteiger partial charge on any atom is -0.444 e. The standard InChI is InChI=1S/C20H29BN2O4/c1-18(2,3)25-17(24)23-13-15(12-22)14-9-8-10-16(11-14)21-26-19(4,5)20(6,7)27-21/h8-13,22H,1-7H3,(H,23,24)/b15-13+,22-12?. The van der Waals surface area contributed by atoms with Crippen molar-refractivity contribution in [3.05, 3.63) is 36.0 Å². The van der Waals surface area contributed by atoms with Crippen molar-refractivity contribution >= 4 is 30.5 Å². The monoisotopic (exact) mass is 372 g/mol. The minimum absolute atomic E-state index is 0.424. The molecule has 1 fully saturated rings. The number of allylic oxidation sites excluding steroid dienone is 1. The first-order valence-electron chi connectivity index (χ1n) is 9.01. The summed E-state index contributed by atoms with van der Waals surface area (Å²) < 4.78 is 17.4. The van der Waals surface area contributed by atoms with Gasteiger partial charge in [-0.25, -0.2) is 4.79 Å². The van der Waals surface area contributed by atoms with Crippen molar-refractivity contribution in [3.63, 3.8) is 0 Å². The Labute approximate surface area is 161 Å². The normalized spacial score (nSPS) is 18.9. The second kappa shape index (κ2) is 7.48. The van der Waals surface area contributed by atoms with E-state index < -0.39 is 30.0 Å². The number of carbonyl (C=O) groups is 1. The van der Waals surface area contributed by atoms with Crippen molar-refractivity contribution in [2.24, 2.45) is 0 Å². The van der Waals surface area contributed by atoms with E-state index in [0.717, 1.165) is 11.0 Å². The van der Waals surface area contributed by atoms with Crippen molar-refractivity contribution in [1.29, 1.82) is 5.41 Å². The predicted octanol–water partition coefficient (Wildman–Crippen LogP) is 3.50. The summed E-state index contributed by atoms with van der Waals surface area (Å²) in [6.07, 6.45) is 2.08. The van der Waals surface area contributed by atoms with Gasteiger partial charge < -0.3 is 19.5 Å². The molecule has 2 N–H and O–H groups in total. The second-order valence-corrected chi connectivity index (χ2v) is 8.60. The maximum Gasteiger partial charge on any atom is 0.494 e. The molecule has 0 radical (unpaired) electrons. The SMILES string of the molecule is CC(C)(C)OC(=O)N/C=C(\C=N)c1cccc(B2OC(C)(C)C(C)(C)O2)c1. The molecular formula is C20H29BN2O4. The summed E-state index contributed by atoms with van der Waals surface area (Å²) in [5.74, 6) is 0. The van der Waals surface area contributed by atoms with E-state index in [2.05, 4.69) is 5.32 Å². The Balaban J connectivity index is 2.19. The molecule has 0 unspecified atom stereocenters. The number of benzene rings is 1. The fourth-order valence-electron chi connectivity index (χ4n) is 2.50. The number of hydrogen-bond acceptors (Lipinski definition) is 5. The largest absolute Gasteiger partial charge is 0.494 e. The highest BCUT2D eigenvalue weighted by Gasteiger charge is 2.51. The van der Waals surface area contributed by atoms with Crippen LogP contribution >= 0.6 is 0 Å². The summed E-state index contributed by atoms with van der Waals surface area (Å²) in [5.41, 5.74) is 0.737. The number of nitrogens with one attached hydrogen (secondary N) is 2. The van der Waals surface area contributed by atoms with Gasteiger partial charge in [-0.2, -0.15) is 0 Å². The Morgan fingerprint density at radius 1 is 1.19 bits per heavy atom. The highest BCUT2D eigenvalue weighted by Crippen LogP contribution is 2.36. The average Bonchev–Trinajstić information content (AvgIpc) is 2.75. The number of rotatable bonds is 4. The minimum atomic E-state index is -0.584. The van der Waals surface area contributed by atoms with Gasteiger partial charge in [0.1, 0.15) is 5.60 Å². The lowest BCUT2D eigenvalue weighted by Crippen LogP contribution is -2.41. The molecular weight excluding hydrogens is 343 g/mol. The molecule has 1 aromatic carbocycles. The van der Waals surface area contributed by atoms with E-state index in [0.29, 0.717) is 5.57 Å².